The van der Waals surface area contributed by atoms with Crippen LogP contribution < -0.4 is 21.9 Å². The average Bonchev–Trinajstić information content (AvgIpc) is 3.21. The lowest BCUT2D eigenvalue weighted by atomic mass is 9.96. The van der Waals surface area contributed by atoms with Gasteiger partial charge in [-0.1, -0.05) is 5.11 Å². The van der Waals surface area contributed by atoms with Gasteiger partial charge in [0.15, 0.2) is 12.5 Å². The molecule has 0 aromatic carbocycles. The van der Waals surface area contributed by atoms with Crippen LogP contribution in [0.25, 0.3) is 10.4 Å². The van der Waals surface area contributed by atoms with Crippen LogP contribution in [-0.4, -0.2) is 120 Å². The maximum Gasteiger partial charge on any atom is 0.484 e. The number of carbonyl (C=O) groups excluding carboxylic acids is 2. The van der Waals surface area contributed by atoms with E-state index in [1.165, 1.54) is 0 Å². The third-order valence-electron chi connectivity index (χ3n) is 6.16. The Hall–Kier alpha value is -3.05. The molecule has 10 atom stereocenters. The number of carbonyl (C=O) groups is 2. The van der Waals surface area contributed by atoms with Gasteiger partial charge < -0.3 is 50.3 Å². The topological polar surface area (TPSA) is 363 Å². The summed E-state index contributed by atoms with van der Waals surface area (Å²) in [4.78, 5) is 70.1. The van der Waals surface area contributed by atoms with Gasteiger partial charge in [-0.05, 0) is 5.53 Å². The molecule has 2 aliphatic rings. The third-order valence-corrected chi connectivity index (χ3v) is 8.78. The van der Waals surface area contributed by atoms with E-state index in [-0.39, 0.29) is 0 Å². The molecule has 0 radical (unpaired) electrons. The standard InChI is InChI=1S/C19H29N7O17P2/c1-7(27)23-12-16(14(31)8(41-18(12)33)4-21-11(29)5-22-25-20)42-45(38,43-44(35,36)37)39-6-9-13(30)15(32)17(40-9)26-3-2-10(28)24-19(26)34/h2-3,8-9,12-18,30-33H,4-6H2,1H3,(H,21,29)(H,23,27)(H,24,28,34)(H2,35,36,37)/t8-,9-,12-,13-,14-,15-,16-,17-,18+,45?/m1/s1. The summed E-state index contributed by atoms with van der Waals surface area (Å²) in [6.45, 7) is -1.40. The van der Waals surface area contributed by atoms with E-state index in [1.54, 1.807) is 0 Å². The Labute approximate surface area is 250 Å². The lowest BCUT2D eigenvalue weighted by Gasteiger charge is -2.43. The zero-order valence-corrected chi connectivity index (χ0v) is 24.6. The van der Waals surface area contributed by atoms with Gasteiger partial charge in [0, 0.05) is 30.6 Å². The predicted molar refractivity (Wildman–Crippen MR) is 140 cm³/mol. The fourth-order valence-corrected chi connectivity index (χ4v) is 6.55. The van der Waals surface area contributed by atoms with Crippen molar-refractivity contribution in [2.45, 2.75) is 62.1 Å². The molecule has 3 rings (SSSR count). The van der Waals surface area contributed by atoms with Crippen LogP contribution in [0.5, 0.6) is 0 Å². The maximum atomic E-state index is 13.5. The van der Waals surface area contributed by atoms with Gasteiger partial charge in [0.25, 0.3) is 5.56 Å². The van der Waals surface area contributed by atoms with Crippen molar-refractivity contribution in [3.8, 4) is 0 Å². The van der Waals surface area contributed by atoms with Gasteiger partial charge in [-0.3, -0.25) is 33.0 Å². The van der Waals surface area contributed by atoms with E-state index in [9.17, 15) is 58.5 Å². The second-order valence-electron chi connectivity index (χ2n) is 9.42. The Morgan fingerprint density at radius 3 is 2.42 bits per heavy atom. The minimum absolute atomic E-state index is 0.597. The van der Waals surface area contributed by atoms with Gasteiger partial charge in [-0.25, -0.2) is 13.9 Å². The fraction of sp³-hybridized carbons (Fsp3) is 0.684. The normalized spacial score (nSPS) is 31.4. The minimum atomic E-state index is -5.75. The second kappa shape index (κ2) is 15.0. The van der Waals surface area contributed by atoms with Crippen molar-refractivity contribution < 1.29 is 71.8 Å². The Bertz CT molecular complexity index is 1490. The van der Waals surface area contributed by atoms with Gasteiger partial charge in [0.2, 0.25) is 11.8 Å². The van der Waals surface area contributed by atoms with E-state index < -0.39 is 114 Å². The van der Waals surface area contributed by atoms with Crippen molar-refractivity contribution in [2.75, 3.05) is 19.7 Å². The first-order valence-corrected chi connectivity index (χ1v) is 15.5. The summed E-state index contributed by atoms with van der Waals surface area (Å²) in [5.41, 5.74) is 6.50. The number of rotatable bonds is 13. The SMILES string of the molecule is CC(=O)N[C@@H]1[C@@H](OP(=O)(OC[C@H]2O[C@@H](n3ccc(=O)[nH]c3=O)[C@H](O)[C@@H]2O)OP(=O)(O)O)[C@H](O)[C@@H](CNC(=O)CN=[N+]=[N-])O[C@@H]1O. The van der Waals surface area contributed by atoms with Gasteiger partial charge in [0.05, 0.1) is 6.61 Å². The molecule has 24 nitrogen and oxygen atoms in total. The molecule has 0 saturated carbocycles. The van der Waals surface area contributed by atoms with Crippen LogP contribution in [0.15, 0.2) is 27.0 Å². The molecule has 0 bridgehead atoms. The smallest absolute Gasteiger partial charge is 0.388 e. The van der Waals surface area contributed by atoms with E-state index in [1.807, 2.05) is 4.98 Å². The number of hydrogen-bond acceptors (Lipinski definition) is 16. The van der Waals surface area contributed by atoms with E-state index in [2.05, 4.69) is 25.0 Å². The van der Waals surface area contributed by atoms with Crippen LogP contribution >= 0.6 is 15.6 Å². The molecule has 0 spiro atoms. The molecule has 3 heterocycles. The van der Waals surface area contributed by atoms with Crippen molar-refractivity contribution >= 4 is 27.5 Å². The summed E-state index contributed by atoms with van der Waals surface area (Å²) >= 11 is 0. The summed E-state index contributed by atoms with van der Waals surface area (Å²) < 4.78 is 50.9. The molecular formula is C19H29N7O17P2. The summed E-state index contributed by atoms with van der Waals surface area (Å²) in [7, 11) is -11.4. The fourth-order valence-electron chi connectivity index (χ4n) is 4.22. The van der Waals surface area contributed by atoms with Crippen LogP contribution in [-0.2, 0) is 41.6 Å². The molecule has 9 N–H and O–H groups in total. The molecule has 252 valence electrons. The van der Waals surface area contributed by atoms with Gasteiger partial charge >= 0.3 is 21.3 Å². The number of H-pyrrole nitrogens is 1. The lowest BCUT2D eigenvalue weighted by Crippen LogP contribution is -2.65. The largest absolute Gasteiger partial charge is 0.484 e. The first kappa shape index (κ1) is 36.4. The first-order chi connectivity index (χ1) is 20.9. The van der Waals surface area contributed by atoms with E-state index in [0.29, 0.717) is 4.57 Å². The molecule has 1 aromatic heterocycles. The molecule has 45 heavy (non-hydrogen) atoms. The highest BCUT2D eigenvalue weighted by molar-refractivity contribution is 7.61. The molecular weight excluding hydrogens is 660 g/mol. The summed E-state index contributed by atoms with van der Waals surface area (Å²) in [6, 6.07) is -0.890. The predicted octanol–water partition coefficient (Wildman–Crippen LogP) is -4.22. The van der Waals surface area contributed by atoms with Crippen molar-refractivity contribution in [2.24, 2.45) is 5.11 Å². The molecule has 2 aliphatic heterocycles. The Morgan fingerprint density at radius 2 is 1.82 bits per heavy atom. The molecule has 0 aliphatic carbocycles. The van der Waals surface area contributed by atoms with Crippen LogP contribution in [0, 0.1) is 0 Å². The Morgan fingerprint density at radius 1 is 1.13 bits per heavy atom. The zero-order chi connectivity index (χ0) is 33.7. The number of hydrogen-bond donors (Lipinski definition) is 9. The summed E-state index contributed by atoms with van der Waals surface area (Å²) in [5, 5.41) is 49.6. The van der Waals surface area contributed by atoms with Gasteiger partial charge in [-0.2, -0.15) is 4.31 Å². The summed E-state index contributed by atoms with van der Waals surface area (Å²) in [5.74, 6) is -1.70. The number of phosphoric ester groups is 1. The Kier molecular flexibility index (Phi) is 12.2. The van der Waals surface area contributed by atoms with E-state index in [4.69, 9.17) is 24.1 Å². The van der Waals surface area contributed by atoms with Crippen molar-refractivity contribution in [1.29, 1.82) is 0 Å². The lowest BCUT2D eigenvalue weighted by molar-refractivity contribution is -0.243. The van der Waals surface area contributed by atoms with Crippen molar-refractivity contribution in [3.05, 3.63) is 43.5 Å². The molecule has 2 amide bonds. The Balaban J connectivity index is 1.84. The van der Waals surface area contributed by atoms with Crippen molar-refractivity contribution in [3.63, 3.8) is 0 Å². The second-order valence-corrected chi connectivity index (χ2v) is 12.4. The first-order valence-electron chi connectivity index (χ1n) is 12.5. The number of amides is 2. The van der Waals surface area contributed by atoms with Crippen LogP contribution in [0.2, 0.25) is 0 Å². The van der Waals surface area contributed by atoms with Crippen LogP contribution in [0.3, 0.4) is 0 Å². The molecule has 2 fully saturated rings. The number of aromatic nitrogens is 2. The average molecular weight is 689 g/mol. The minimum Gasteiger partial charge on any atom is -0.388 e. The highest BCUT2D eigenvalue weighted by atomic mass is 31.3. The third kappa shape index (κ3) is 9.72. The van der Waals surface area contributed by atoms with Crippen LogP contribution in [0.1, 0.15) is 13.2 Å². The number of aromatic amines is 1. The van der Waals surface area contributed by atoms with Crippen molar-refractivity contribution in [1.82, 2.24) is 20.2 Å². The van der Waals surface area contributed by atoms with E-state index >= 15 is 0 Å². The molecule has 1 unspecified atom stereocenters. The number of ether oxygens (including phenoxy) is 2. The highest BCUT2D eigenvalue weighted by Crippen LogP contribution is 2.62. The number of aliphatic hydroxyl groups excluding tert-OH is 4. The molecule has 1 aromatic rings. The number of phosphoric acid groups is 2. The maximum absolute atomic E-state index is 13.5. The molecule has 2 saturated heterocycles. The quantitative estimate of drug-likeness (QED) is 0.0410. The monoisotopic (exact) mass is 689 g/mol. The number of nitrogens with zero attached hydrogens (tertiary/aromatic N) is 4. The highest BCUT2D eigenvalue weighted by Gasteiger charge is 2.52. The number of aliphatic hydroxyl groups is 4. The zero-order valence-electron chi connectivity index (χ0n) is 22.8. The number of nitrogens with one attached hydrogen (secondary N) is 3. The summed E-state index contributed by atoms with van der Waals surface area (Å²) in [6.07, 6.45) is -13.9. The van der Waals surface area contributed by atoms with E-state index in [0.717, 1.165) is 19.2 Å². The van der Waals surface area contributed by atoms with Gasteiger partial charge in [0.1, 0.15) is 49.2 Å². The number of azide groups is 1. The van der Waals surface area contributed by atoms with Crippen LogP contribution in [0.4, 0.5) is 0 Å². The molecule has 26 heteroatoms. The van der Waals surface area contributed by atoms with Gasteiger partial charge in [-0.15, -0.1) is 0 Å².